The van der Waals surface area contributed by atoms with Gasteiger partial charge in [0.2, 0.25) is 0 Å². The van der Waals surface area contributed by atoms with Crippen molar-refractivity contribution in [3.05, 3.63) is 58.9 Å². The molecule has 2 nitrogen and oxygen atoms in total. The van der Waals surface area contributed by atoms with E-state index >= 15 is 0 Å². The van der Waals surface area contributed by atoms with E-state index < -0.39 is 0 Å². The predicted molar refractivity (Wildman–Crippen MR) is 96.0 cm³/mol. The summed E-state index contributed by atoms with van der Waals surface area (Å²) in [5.74, 6) is 0. The van der Waals surface area contributed by atoms with Gasteiger partial charge in [0.05, 0.1) is 11.6 Å². The Morgan fingerprint density at radius 2 is 1.83 bits per heavy atom. The first-order valence-corrected chi connectivity index (χ1v) is 8.56. The number of hydrogen-bond donors (Lipinski definition) is 0. The van der Waals surface area contributed by atoms with Crippen molar-refractivity contribution in [2.75, 3.05) is 0 Å². The number of rotatable bonds is 3. The smallest absolute Gasteiger partial charge is 0.0998 e. The highest BCUT2D eigenvalue weighted by atomic mass is 15.0. The van der Waals surface area contributed by atoms with Gasteiger partial charge in [-0.25, -0.2) is 0 Å². The summed E-state index contributed by atoms with van der Waals surface area (Å²) in [4.78, 5) is 0. The van der Waals surface area contributed by atoms with Gasteiger partial charge in [-0.2, -0.15) is 5.26 Å². The number of benzene rings is 1. The van der Waals surface area contributed by atoms with E-state index in [0.29, 0.717) is 6.04 Å². The van der Waals surface area contributed by atoms with E-state index in [4.69, 9.17) is 0 Å². The Balaban J connectivity index is 1.97. The Bertz CT molecular complexity index is 738. The van der Waals surface area contributed by atoms with Gasteiger partial charge in [0.25, 0.3) is 0 Å². The van der Waals surface area contributed by atoms with E-state index in [2.05, 4.69) is 30.6 Å². The fraction of sp³-hybridized carbons (Fsp3) is 0.381. The summed E-state index contributed by atoms with van der Waals surface area (Å²) in [7, 11) is 0. The molecule has 2 heteroatoms. The van der Waals surface area contributed by atoms with Crippen LogP contribution in [0.4, 0.5) is 0 Å². The third-order valence-electron chi connectivity index (χ3n) is 4.97. The van der Waals surface area contributed by atoms with Crippen molar-refractivity contribution in [3.63, 3.8) is 0 Å². The fourth-order valence-electron chi connectivity index (χ4n) is 3.80. The summed E-state index contributed by atoms with van der Waals surface area (Å²) in [6.07, 6.45) is 8.64. The largest absolute Gasteiger partial charge is 0.346 e. The van der Waals surface area contributed by atoms with Crippen LogP contribution in [-0.4, -0.2) is 4.57 Å². The summed E-state index contributed by atoms with van der Waals surface area (Å²) >= 11 is 0. The van der Waals surface area contributed by atoms with E-state index in [9.17, 15) is 5.26 Å². The van der Waals surface area contributed by atoms with Gasteiger partial charge in [0, 0.05) is 17.4 Å². The van der Waals surface area contributed by atoms with Gasteiger partial charge in [-0.15, -0.1) is 0 Å². The highest BCUT2D eigenvalue weighted by molar-refractivity contribution is 5.90. The molecular formula is C21H24N2. The molecule has 0 atom stereocenters. The minimum atomic E-state index is 0.633. The van der Waals surface area contributed by atoms with Gasteiger partial charge < -0.3 is 4.57 Å². The van der Waals surface area contributed by atoms with Crippen LogP contribution < -0.4 is 0 Å². The predicted octanol–water partition coefficient (Wildman–Crippen LogP) is 5.67. The molecule has 0 bridgehead atoms. The fourth-order valence-corrected chi connectivity index (χ4v) is 3.80. The van der Waals surface area contributed by atoms with Crippen molar-refractivity contribution in [3.8, 4) is 6.07 Å². The third kappa shape index (κ3) is 3.24. The lowest BCUT2D eigenvalue weighted by Gasteiger charge is -2.26. The average Bonchev–Trinajstić information content (AvgIpc) is 2.88. The van der Waals surface area contributed by atoms with Crippen molar-refractivity contribution in [1.82, 2.24) is 4.57 Å². The lowest BCUT2D eigenvalue weighted by Crippen LogP contribution is -2.15. The number of hydrogen-bond acceptors (Lipinski definition) is 1. The minimum Gasteiger partial charge on any atom is -0.346 e. The molecule has 1 aromatic heterocycles. The van der Waals surface area contributed by atoms with Crippen LogP contribution in [-0.2, 0) is 0 Å². The summed E-state index contributed by atoms with van der Waals surface area (Å²) < 4.78 is 2.49. The molecule has 1 heterocycles. The Hall–Kier alpha value is -2.27. The molecule has 23 heavy (non-hydrogen) atoms. The zero-order valence-corrected chi connectivity index (χ0v) is 14.0. The molecule has 0 amide bonds. The number of aromatic nitrogens is 1. The quantitative estimate of drug-likeness (QED) is 0.671. The van der Waals surface area contributed by atoms with Crippen LogP contribution in [0.2, 0.25) is 0 Å². The van der Waals surface area contributed by atoms with Gasteiger partial charge in [0.1, 0.15) is 0 Å². The molecule has 1 aliphatic carbocycles. The maximum absolute atomic E-state index is 9.53. The van der Waals surface area contributed by atoms with Gasteiger partial charge in [-0.05, 0) is 50.0 Å². The van der Waals surface area contributed by atoms with Crippen LogP contribution in [0.25, 0.3) is 11.6 Å². The second-order valence-corrected chi connectivity index (χ2v) is 6.52. The topological polar surface area (TPSA) is 28.7 Å². The maximum atomic E-state index is 9.53. The summed E-state index contributed by atoms with van der Waals surface area (Å²) in [5.41, 5.74) is 5.49. The van der Waals surface area contributed by atoms with Crippen molar-refractivity contribution in [1.29, 1.82) is 5.26 Å². The zero-order chi connectivity index (χ0) is 16.2. The maximum Gasteiger partial charge on any atom is 0.0998 e. The highest BCUT2D eigenvalue weighted by Crippen LogP contribution is 2.33. The molecule has 3 rings (SSSR count). The first-order valence-electron chi connectivity index (χ1n) is 8.56. The third-order valence-corrected chi connectivity index (χ3v) is 4.97. The zero-order valence-electron chi connectivity index (χ0n) is 14.0. The standard InChI is InChI=1S/C21H24N2/c1-16-13-19(14-20(15-22)18-9-5-3-6-10-18)17(2)23(16)21-11-7-4-8-12-21/h3,5-6,9-10,13-14,21H,4,7-8,11-12H2,1-2H3/b20-14+. The minimum absolute atomic E-state index is 0.633. The monoisotopic (exact) mass is 304 g/mol. The van der Waals surface area contributed by atoms with Crippen molar-refractivity contribution >= 4 is 11.6 Å². The van der Waals surface area contributed by atoms with Crippen LogP contribution in [0.3, 0.4) is 0 Å². The molecule has 2 aromatic rings. The Morgan fingerprint density at radius 1 is 1.13 bits per heavy atom. The van der Waals surface area contributed by atoms with Gasteiger partial charge in [-0.3, -0.25) is 0 Å². The molecule has 0 radical (unpaired) electrons. The van der Waals surface area contributed by atoms with Crippen molar-refractivity contribution < 1.29 is 0 Å². The molecule has 0 unspecified atom stereocenters. The molecule has 0 aliphatic heterocycles. The van der Waals surface area contributed by atoms with Gasteiger partial charge in [0.15, 0.2) is 0 Å². The highest BCUT2D eigenvalue weighted by Gasteiger charge is 2.19. The molecule has 0 N–H and O–H groups in total. The number of nitrogens with zero attached hydrogens (tertiary/aromatic N) is 2. The van der Waals surface area contributed by atoms with Gasteiger partial charge in [-0.1, -0.05) is 49.6 Å². The number of nitriles is 1. The van der Waals surface area contributed by atoms with E-state index in [-0.39, 0.29) is 0 Å². The van der Waals surface area contributed by atoms with E-state index in [1.807, 2.05) is 36.4 Å². The summed E-state index contributed by atoms with van der Waals surface area (Å²) in [6.45, 7) is 4.38. The molecule has 1 fully saturated rings. The van der Waals surface area contributed by atoms with E-state index in [1.54, 1.807) is 0 Å². The Kier molecular flexibility index (Phi) is 4.67. The van der Waals surface area contributed by atoms with Gasteiger partial charge >= 0.3 is 0 Å². The molecule has 118 valence electrons. The van der Waals surface area contributed by atoms with Crippen LogP contribution >= 0.6 is 0 Å². The lowest BCUT2D eigenvalue weighted by molar-refractivity contribution is 0.346. The first kappa shape index (κ1) is 15.6. The van der Waals surface area contributed by atoms with Crippen LogP contribution in [0, 0.1) is 25.2 Å². The lowest BCUT2D eigenvalue weighted by atomic mass is 9.95. The second-order valence-electron chi connectivity index (χ2n) is 6.52. The molecular weight excluding hydrogens is 280 g/mol. The van der Waals surface area contributed by atoms with Crippen molar-refractivity contribution in [2.45, 2.75) is 52.0 Å². The summed E-state index contributed by atoms with van der Waals surface area (Å²) in [6, 6.07) is 15.1. The number of allylic oxidation sites excluding steroid dienone is 1. The molecule has 1 saturated carbocycles. The average molecular weight is 304 g/mol. The molecule has 0 saturated heterocycles. The van der Waals surface area contributed by atoms with Crippen molar-refractivity contribution in [2.24, 2.45) is 0 Å². The summed E-state index contributed by atoms with van der Waals surface area (Å²) in [5, 5.41) is 9.53. The molecule has 1 aromatic carbocycles. The van der Waals surface area contributed by atoms with Crippen LogP contribution in [0.5, 0.6) is 0 Å². The Morgan fingerprint density at radius 3 is 2.48 bits per heavy atom. The molecule has 1 aliphatic rings. The SMILES string of the molecule is Cc1cc(/C=C(\C#N)c2ccccc2)c(C)n1C1CCCCC1. The van der Waals surface area contributed by atoms with Crippen LogP contribution in [0.15, 0.2) is 36.4 Å². The Labute approximate surface area is 139 Å². The first-order chi connectivity index (χ1) is 11.2. The normalized spacial score (nSPS) is 16.3. The van der Waals surface area contributed by atoms with E-state index in [0.717, 1.165) is 11.1 Å². The van der Waals surface area contributed by atoms with E-state index in [1.165, 1.54) is 49.1 Å². The molecule has 0 spiro atoms. The van der Waals surface area contributed by atoms with Crippen LogP contribution in [0.1, 0.15) is 60.7 Å². The number of aryl methyl sites for hydroxylation is 1. The second kappa shape index (κ2) is 6.87.